The molecule has 1 aromatic heterocycles. The summed E-state index contributed by atoms with van der Waals surface area (Å²) in [6.45, 7) is 0. The Labute approximate surface area is 177 Å². The number of carbonyl (C=O) groups is 1. The number of rotatable bonds is 6. The third-order valence-electron chi connectivity index (χ3n) is 3.76. The van der Waals surface area contributed by atoms with Crippen LogP contribution in [0.1, 0.15) is 5.56 Å². The van der Waals surface area contributed by atoms with Gasteiger partial charge in [0.25, 0.3) is 15.9 Å². The molecular weight excluding hydrogens is 426 g/mol. The Hall–Kier alpha value is -3.74. The maximum absolute atomic E-state index is 12.4. The molecule has 2 N–H and O–H groups in total. The van der Waals surface area contributed by atoms with E-state index >= 15 is 0 Å². The summed E-state index contributed by atoms with van der Waals surface area (Å²) in [4.78, 5) is 19.9. The van der Waals surface area contributed by atoms with Crippen LogP contribution in [0.2, 0.25) is 5.02 Å². The number of anilines is 2. The monoisotopic (exact) mass is 439 g/mol. The van der Waals surface area contributed by atoms with Gasteiger partial charge in [-0.05, 0) is 54.1 Å². The highest BCUT2D eigenvalue weighted by Crippen LogP contribution is 2.18. The lowest BCUT2D eigenvalue weighted by atomic mass is 10.1. The van der Waals surface area contributed by atoms with Gasteiger partial charge in [0, 0.05) is 23.1 Å². The van der Waals surface area contributed by atoms with Gasteiger partial charge in [-0.25, -0.2) is 23.1 Å². The van der Waals surface area contributed by atoms with Crippen LogP contribution in [0.4, 0.5) is 11.6 Å². The topological polar surface area (TPSA) is 125 Å². The first-order chi connectivity index (χ1) is 14.4. The summed E-state index contributed by atoms with van der Waals surface area (Å²) in [5, 5.41) is 12.4. The molecule has 0 spiro atoms. The Bertz CT molecular complexity index is 1220. The van der Waals surface area contributed by atoms with Gasteiger partial charge in [-0.2, -0.15) is 5.26 Å². The zero-order valence-corrected chi connectivity index (χ0v) is 16.9. The zero-order valence-electron chi connectivity index (χ0n) is 15.3. The number of carbonyl (C=O) groups excluding carboxylic acids is 1. The second kappa shape index (κ2) is 9.17. The normalized spacial score (nSPS) is 11.4. The van der Waals surface area contributed by atoms with Crippen LogP contribution in [0.15, 0.2) is 77.5 Å². The van der Waals surface area contributed by atoms with Crippen molar-refractivity contribution >= 4 is 45.2 Å². The number of halogens is 1. The summed E-state index contributed by atoms with van der Waals surface area (Å²) in [6.07, 6.45) is 4.25. The molecule has 0 aliphatic carbocycles. The van der Waals surface area contributed by atoms with Gasteiger partial charge in [-0.3, -0.25) is 4.79 Å². The van der Waals surface area contributed by atoms with Crippen molar-refractivity contribution in [2.45, 2.75) is 4.90 Å². The summed E-state index contributed by atoms with van der Waals surface area (Å²) in [6, 6.07) is 15.5. The summed E-state index contributed by atoms with van der Waals surface area (Å²) in [5.41, 5.74) is 0.853. The van der Waals surface area contributed by atoms with Gasteiger partial charge in [0.15, 0.2) is 0 Å². The van der Waals surface area contributed by atoms with Crippen molar-refractivity contribution in [2.75, 3.05) is 10.0 Å². The Morgan fingerprint density at radius 3 is 2.27 bits per heavy atom. The van der Waals surface area contributed by atoms with E-state index in [1.165, 1.54) is 42.7 Å². The molecule has 0 atom stereocenters. The first-order valence-corrected chi connectivity index (χ1v) is 10.3. The summed E-state index contributed by atoms with van der Waals surface area (Å²) in [7, 11) is -3.89. The van der Waals surface area contributed by atoms with Crippen molar-refractivity contribution in [3.8, 4) is 6.07 Å². The van der Waals surface area contributed by atoms with E-state index in [1.807, 2.05) is 6.07 Å². The fourth-order valence-electron chi connectivity index (χ4n) is 2.32. The summed E-state index contributed by atoms with van der Waals surface area (Å²) < 4.78 is 27.0. The van der Waals surface area contributed by atoms with Crippen LogP contribution < -0.4 is 10.0 Å². The molecule has 1 heterocycles. The Kier molecular flexibility index (Phi) is 6.41. The van der Waals surface area contributed by atoms with Gasteiger partial charge in [0.2, 0.25) is 5.95 Å². The Morgan fingerprint density at radius 1 is 1.03 bits per heavy atom. The Morgan fingerprint density at radius 2 is 1.67 bits per heavy atom. The van der Waals surface area contributed by atoms with Gasteiger partial charge in [0.1, 0.15) is 11.6 Å². The predicted octanol–water partition coefficient (Wildman–Crippen LogP) is 3.48. The van der Waals surface area contributed by atoms with E-state index in [-0.39, 0.29) is 16.4 Å². The quantitative estimate of drug-likeness (QED) is 0.447. The van der Waals surface area contributed by atoms with E-state index in [4.69, 9.17) is 11.6 Å². The summed E-state index contributed by atoms with van der Waals surface area (Å²) >= 11 is 5.82. The molecule has 8 nitrogen and oxygen atoms in total. The molecule has 0 bridgehead atoms. The van der Waals surface area contributed by atoms with Crippen molar-refractivity contribution in [1.29, 1.82) is 5.26 Å². The highest BCUT2D eigenvalue weighted by Gasteiger charge is 2.16. The average Bonchev–Trinajstić information content (AvgIpc) is 2.74. The third-order valence-corrected chi connectivity index (χ3v) is 5.36. The number of benzene rings is 2. The van der Waals surface area contributed by atoms with E-state index in [0.29, 0.717) is 16.3 Å². The van der Waals surface area contributed by atoms with Crippen LogP contribution in [0, 0.1) is 11.3 Å². The highest BCUT2D eigenvalue weighted by atomic mass is 35.5. The minimum atomic E-state index is -3.89. The largest absolute Gasteiger partial charge is 0.321 e. The second-order valence-corrected chi connectivity index (χ2v) is 8.00. The third kappa shape index (κ3) is 5.41. The zero-order chi connectivity index (χ0) is 21.6. The number of nitriles is 1. The maximum Gasteiger partial charge on any atom is 0.266 e. The molecule has 3 rings (SSSR count). The van der Waals surface area contributed by atoms with E-state index in [1.54, 1.807) is 30.3 Å². The molecular formula is C20H14ClN5O3S. The van der Waals surface area contributed by atoms with Gasteiger partial charge in [-0.1, -0.05) is 23.7 Å². The molecule has 0 aliphatic heterocycles. The standard InChI is InChI=1S/C20H14ClN5O3S/c21-16-4-2-14(3-5-16)12-15(13-22)19(27)25-17-6-8-18(9-7-17)30(28,29)26-20-23-10-1-11-24-20/h1-12H,(H,25,27)(H,23,24,26). The van der Waals surface area contributed by atoms with Crippen LogP contribution in [-0.2, 0) is 14.8 Å². The molecule has 1 amide bonds. The van der Waals surface area contributed by atoms with Crippen molar-refractivity contribution in [1.82, 2.24) is 9.97 Å². The smallest absolute Gasteiger partial charge is 0.266 e. The number of amides is 1. The summed E-state index contributed by atoms with van der Waals surface area (Å²) in [5.74, 6) is -0.681. The number of hydrogen-bond acceptors (Lipinski definition) is 6. The van der Waals surface area contributed by atoms with Gasteiger partial charge < -0.3 is 5.32 Å². The molecule has 0 unspecified atom stereocenters. The fourth-order valence-corrected chi connectivity index (χ4v) is 3.41. The van der Waals surface area contributed by atoms with E-state index < -0.39 is 15.9 Å². The van der Waals surface area contributed by atoms with Crippen molar-refractivity contribution < 1.29 is 13.2 Å². The van der Waals surface area contributed by atoms with Crippen molar-refractivity contribution in [3.63, 3.8) is 0 Å². The molecule has 30 heavy (non-hydrogen) atoms. The molecule has 3 aromatic rings. The first kappa shape index (κ1) is 21.0. The van der Waals surface area contributed by atoms with Crippen LogP contribution in [0.3, 0.4) is 0 Å². The van der Waals surface area contributed by atoms with Crippen LogP contribution in [0.5, 0.6) is 0 Å². The molecule has 150 valence electrons. The number of hydrogen-bond donors (Lipinski definition) is 2. The minimum absolute atomic E-state index is 0.0369. The van der Waals surface area contributed by atoms with Crippen LogP contribution in [-0.4, -0.2) is 24.3 Å². The molecule has 0 saturated heterocycles. The lowest BCUT2D eigenvalue weighted by Crippen LogP contribution is -2.16. The first-order valence-electron chi connectivity index (χ1n) is 8.46. The van der Waals surface area contributed by atoms with Crippen LogP contribution >= 0.6 is 11.6 Å². The molecule has 2 aromatic carbocycles. The van der Waals surface area contributed by atoms with E-state index in [9.17, 15) is 18.5 Å². The molecule has 10 heteroatoms. The number of sulfonamides is 1. The fraction of sp³-hybridized carbons (Fsp3) is 0. The van der Waals surface area contributed by atoms with E-state index in [0.717, 1.165) is 0 Å². The van der Waals surface area contributed by atoms with Gasteiger partial charge >= 0.3 is 0 Å². The maximum atomic E-state index is 12.4. The van der Waals surface area contributed by atoms with Crippen LogP contribution in [0.25, 0.3) is 6.08 Å². The average molecular weight is 440 g/mol. The SMILES string of the molecule is N#CC(=Cc1ccc(Cl)cc1)C(=O)Nc1ccc(S(=O)(=O)Nc2ncccn2)cc1. The van der Waals surface area contributed by atoms with Crippen molar-refractivity contribution in [3.05, 3.63) is 83.2 Å². The highest BCUT2D eigenvalue weighted by molar-refractivity contribution is 7.92. The molecule has 0 aliphatic rings. The number of aromatic nitrogens is 2. The van der Waals surface area contributed by atoms with Crippen molar-refractivity contribution in [2.24, 2.45) is 0 Å². The Balaban J connectivity index is 1.72. The molecule has 0 radical (unpaired) electrons. The minimum Gasteiger partial charge on any atom is -0.321 e. The molecule has 0 fully saturated rings. The lowest BCUT2D eigenvalue weighted by Gasteiger charge is -2.08. The van der Waals surface area contributed by atoms with Gasteiger partial charge in [-0.15, -0.1) is 0 Å². The number of nitrogens with zero attached hydrogens (tertiary/aromatic N) is 3. The predicted molar refractivity (Wildman–Crippen MR) is 113 cm³/mol. The van der Waals surface area contributed by atoms with Gasteiger partial charge in [0.05, 0.1) is 4.90 Å². The lowest BCUT2D eigenvalue weighted by molar-refractivity contribution is -0.112. The van der Waals surface area contributed by atoms with E-state index in [2.05, 4.69) is 20.0 Å². The second-order valence-electron chi connectivity index (χ2n) is 5.88. The molecule has 0 saturated carbocycles. The number of nitrogens with one attached hydrogen (secondary N) is 2.